The van der Waals surface area contributed by atoms with Crippen LogP contribution in [-0.2, 0) is 10.0 Å². The van der Waals surface area contributed by atoms with Gasteiger partial charge in [0.2, 0.25) is 0 Å². The van der Waals surface area contributed by atoms with Crippen LogP contribution in [0, 0.1) is 5.82 Å². The molecule has 1 heterocycles. The maximum atomic E-state index is 13.1. The second kappa shape index (κ2) is 5.96. The van der Waals surface area contributed by atoms with E-state index in [4.69, 9.17) is 4.74 Å². The molecule has 2 aromatic rings. The minimum Gasteiger partial charge on any atom is -0.494 e. The first-order valence-electron chi connectivity index (χ1n) is 5.96. The third-order valence-corrected chi connectivity index (χ3v) is 4.14. The van der Waals surface area contributed by atoms with Crippen LogP contribution in [0.2, 0.25) is 0 Å². The van der Waals surface area contributed by atoms with Crippen molar-refractivity contribution in [3.05, 3.63) is 42.5 Å². The van der Waals surface area contributed by atoms with Crippen molar-refractivity contribution in [1.82, 2.24) is 4.98 Å². The summed E-state index contributed by atoms with van der Waals surface area (Å²) in [4.78, 5) is 3.79. The smallest absolute Gasteiger partial charge is 0.265 e. The summed E-state index contributed by atoms with van der Waals surface area (Å²) >= 11 is 0. The first-order valence-corrected chi connectivity index (χ1v) is 7.44. The number of methoxy groups -OCH3 is 1. The number of halogens is 1. The topological polar surface area (TPSA) is 80.3 Å². The Hall–Kier alpha value is -2.35. The predicted molar refractivity (Wildman–Crippen MR) is 77.5 cm³/mol. The van der Waals surface area contributed by atoms with E-state index >= 15 is 0 Å². The van der Waals surface area contributed by atoms with Crippen molar-refractivity contribution in [2.75, 3.05) is 24.2 Å². The van der Waals surface area contributed by atoms with Gasteiger partial charge in [-0.15, -0.1) is 0 Å². The molecular weight excluding hydrogens is 297 g/mol. The second-order valence-corrected chi connectivity index (χ2v) is 5.72. The number of anilines is 2. The van der Waals surface area contributed by atoms with Gasteiger partial charge >= 0.3 is 0 Å². The zero-order valence-electron chi connectivity index (χ0n) is 11.4. The van der Waals surface area contributed by atoms with Crippen molar-refractivity contribution < 1.29 is 17.5 Å². The van der Waals surface area contributed by atoms with Gasteiger partial charge in [-0.3, -0.25) is 9.71 Å². The Morgan fingerprint density at radius 1 is 1.24 bits per heavy atom. The van der Waals surface area contributed by atoms with Crippen molar-refractivity contribution in [2.45, 2.75) is 4.90 Å². The first-order chi connectivity index (χ1) is 9.97. The van der Waals surface area contributed by atoms with E-state index < -0.39 is 15.8 Å². The molecule has 0 radical (unpaired) electrons. The lowest BCUT2D eigenvalue weighted by Crippen LogP contribution is -2.15. The lowest BCUT2D eigenvalue weighted by atomic mass is 10.3. The lowest BCUT2D eigenvalue weighted by Gasteiger charge is -2.13. The Kier molecular flexibility index (Phi) is 4.27. The maximum Gasteiger partial charge on any atom is 0.265 e. The van der Waals surface area contributed by atoms with E-state index in [2.05, 4.69) is 15.0 Å². The highest BCUT2D eigenvalue weighted by molar-refractivity contribution is 7.92. The summed E-state index contributed by atoms with van der Waals surface area (Å²) < 4.78 is 45.2. The van der Waals surface area contributed by atoms with E-state index in [0.717, 1.165) is 12.1 Å². The Morgan fingerprint density at radius 2 is 2.00 bits per heavy atom. The quantitative estimate of drug-likeness (QED) is 0.883. The summed E-state index contributed by atoms with van der Waals surface area (Å²) in [6, 6.07) is 5.07. The molecule has 6 nitrogen and oxygen atoms in total. The number of rotatable bonds is 5. The van der Waals surface area contributed by atoms with E-state index in [1.54, 1.807) is 7.05 Å². The molecule has 0 fully saturated rings. The Bertz CT molecular complexity index is 750. The van der Waals surface area contributed by atoms with Crippen LogP contribution in [0.1, 0.15) is 0 Å². The van der Waals surface area contributed by atoms with Gasteiger partial charge in [-0.1, -0.05) is 0 Å². The van der Waals surface area contributed by atoms with Crippen molar-refractivity contribution in [1.29, 1.82) is 0 Å². The van der Waals surface area contributed by atoms with Gasteiger partial charge in [0.05, 0.1) is 18.5 Å². The van der Waals surface area contributed by atoms with Gasteiger partial charge in [0, 0.05) is 25.5 Å². The highest BCUT2D eigenvalue weighted by Gasteiger charge is 2.20. The number of sulfonamides is 1. The molecule has 0 aliphatic heterocycles. The van der Waals surface area contributed by atoms with Crippen molar-refractivity contribution in [3.8, 4) is 5.75 Å². The van der Waals surface area contributed by atoms with Gasteiger partial charge in [0.15, 0.2) is 0 Å². The molecule has 0 unspecified atom stereocenters. The molecule has 0 saturated carbocycles. The van der Waals surface area contributed by atoms with Crippen LogP contribution in [0.25, 0.3) is 0 Å². The van der Waals surface area contributed by atoms with E-state index in [0.29, 0.717) is 5.69 Å². The molecule has 1 aromatic carbocycles. The third-order valence-electron chi connectivity index (χ3n) is 2.75. The lowest BCUT2D eigenvalue weighted by molar-refractivity contribution is 0.413. The maximum absolute atomic E-state index is 13.1. The summed E-state index contributed by atoms with van der Waals surface area (Å²) in [5.41, 5.74) is 0.545. The van der Waals surface area contributed by atoms with Crippen LogP contribution in [0.5, 0.6) is 5.75 Å². The SMILES string of the molecule is CNc1ccncc1S(=O)(=O)Nc1ccc(F)cc1OC. The fourth-order valence-corrected chi connectivity index (χ4v) is 2.98. The molecule has 8 heteroatoms. The Balaban J connectivity index is 2.42. The number of aromatic nitrogens is 1. The summed E-state index contributed by atoms with van der Waals surface area (Å²) in [6.45, 7) is 0. The van der Waals surface area contributed by atoms with Crippen molar-refractivity contribution >= 4 is 21.4 Å². The molecular formula is C13H14FN3O3S. The first kappa shape index (κ1) is 15.0. The fourth-order valence-electron chi connectivity index (χ4n) is 1.75. The van der Waals surface area contributed by atoms with E-state index in [-0.39, 0.29) is 16.3 Å². The summed E-state index contributed by atoms with van der Waals surface area (Å²) in [7, 11) is -0.946. The molecule has 0 amide bonds. The van der Waals surface area contributed by atoms with Crippen molar-refractivity contribution in [3.63, 3.8) is 0 Å². The molecule has 0 atom stereocenters. The van der Waals surface area contributed by atoms with E-state index in [1.165, 1.54) is 31.6 Å². The summed E-state index contributed by atoms with van der Waals surface area (Å²) in [6.07, 6.45) is 2.70. The zero-order valence-corrected chi connectivity index (χ0v) is 12.2. The molecule has 2 rings (SSSR count). The van der Waals surface area contributed by atoms with Crippen LogP contribution in [0.4, 0.5) is 15.8 Å². The molecule has 2 N–H and O–H groups in total. The Morgan fingerprint density at radius 3 is 2.67 bits per heavy atom. The van der Waals surface area contributed by atoms with Crippen LogP contribution >= 0.6 is 0 Å². The van der Waals surface area contributed by atoms with E-state index in [9.17, 15) is 12.8 Å². The van der Waals surface area contributed by atoms with Gasteiger partial charge in [0.25, 0.3) is 10.0 Å². The van der Waals surface area contributed by atoms with Gasteiger partial charge in [0.1, 0.15) is 16.5 Å². The average Bonchev–Trinajstić information content (AvgIpc) is 2.48. The van der Waals surface area contributed by atoms with Crippen LogP contribution < -0.4 is 14.8 Å². The average molecular weight is 311 g/mol. The third kappa shape index (κ3) is 3.22. The van der Waals surface area contributed by atoms with Crippen LogP contribution in [-0.4, -0.2) is 27.6 Å². The molecule has 1 aromatic heterocycles. The van der Waals surface area contributed by atoms with Gasteiger partial charge in [-0.05, 0) is 18.2 Å². The largest absolute Gasteiger partial charge is 0.494 e. The summed E-state index contributed by atoms with van der Waals surface area (Å²) in [5.74, 6) is -0.430. The highest BCUT2D eigenvalue weighted by atomic mass is 32.2. The molecule has 0 saturated heterocycles. The highest BCUT2D eigenvalue weighted by Crippen LogP contribution is 2.29. The molecule has 0 aliphatic carbocycles. The minimum absolute atomic E-state index is 0.0149. The van der Waals surface area contributed by atoms with Gasteiger partial charge < -0.3 is 10.1 Å². The molecule has 21 heavy (non-hydrogen) atoms. The normalized spacial score (nSPS) is 11.0. The number of hydrogen-bond acceptors (Lipinski definition) is 5. The number of benzene rings is 1. The number of ether oxygens (including phenoxy) is 1. The zero-order chi connectivity index (χ0) is 15.5. The summed E-state index contributed by atoms with van der Waals surface area (Å²) in [5, 5.41) is 2.77. The fraction of sp³-hybridized carbons (Fsp3) is 0.154. The number of hydrogen-bond donors (Lipinski definition) is 2. The molecule has 0 aliphatic rings. The number of pyridine rings is 1. The molecule has 0 bridgehead atoms. The standard InChI is InChI=1S/C13H14FN3O3S/c1-15-11-5-6-16-8-13(11)21(18,19)17-10-4-3-9(14)7-12(10)20-2/h3-8,17H,1-2H3,(H,15,16). The van der Waals surface area contributed by atoms with Crippen LogP contribution in [0.3, 0.4) is 0 Å². The van der Waals surface area contributed by atoms with Gasteiger partial charge in [-0.2, -0.15) is 0 Å². The molecule has 0 spiro atoms. The Labute approximate surface area is 122 Å². The second-order valence-electron chi connectivity index (χ2n) is 4.07. The van der Waals surface area contributed by atoms with Gasteiger partial charge in [-0.25, -0.2) is 12.8 Å². The number of nitrogens with one attached hydrogen (secondary N) is 2. The monoisotopic (exact) mass is 311 g/mol. The predicted octanol–water partition coefficient (Wildman–Crippen LogP) is 2.07. The van der Waals surface area contributed by atoms with Crippen molar-refractivity contribution in [2.24, 2.45) is 0 Å². The minimum atomic E-state index is -3.88. The van der Waals surface area contributed by atoms with E-state index in [1.807, 2.05) is 0 Å². The number of nitrogens with zero attached hydrogens (tertiary/aromatic N) is 1. The molecule has 112 valence electrons. The van der Waals surface area contributed by atoms with Crippen LogP contribution in [0.15, 0.2) is 41.6 Å².